The van der Waals surface area contributed by atoms with Gasteiger partial charge in [0.15, 0.2) is 0 Å². The summed E-state index contributed by atoms with van der Waals surface area (Å²) in [4.78, 5) is 20.2. The number of carbonyl (C=O) groups excluding carboxylic acids is 1. The van der Waals surface area contributed by atoms with E-state index in [4.69, 9.17) is 16.3 Å². The largest absolute Gasteiger partial charge is 0.450 e. The molecule has 2 heterocycles. The number of hydrogen-bond acceptors (Lipinski definition) is 5. The van der Waals surface area contributed by atoms with Crippen molar-refractivity contribution < 1.29 is 9.53 Å². The van der Waals surface area contributed by atoms with Gasteiger partial charge in [-0.05, 0) is 6.92 Å². The number of amides is 1. The molecule has 1 fully saturated rings. The maximum atomic E-state index is 11.6. The fraction of sp³-hybridized carbons (Fsp3) is 0.692. The number of carbonyl (C=O) groups is 1. The highest BCUT2D eigenvalue weighted by molar-refractivity contribution is 7.09. The van der Waals surface area contributed by atoms with Crippen molar-refractivity contribution in [2.75, 3.05) is 39.3 Å². The van der Waals surface area contributed by atoms with Crippen LogP contribution in [-0.2, 0) is 17.0 Å². The molecule has 0 spiro atoms. The first-order valence-corrected chi connectivity index (χ1v) is 8.27. The third-order valence-electron chi connectivity index (χ3n) is 3.28. The highest BCUT2D eigenvalue weighted by atomic mass is 35.5. The summed E-state index contributed by atoms with van der Waals surface area (Å²) in [6, 6.07) is 0. The summed E-state index contributed by atoms with van der Waals surface area (Å²) in [5.74, 6) is 0.481. The Kier molecular flexibility index (Phi) is 6.06. The molecule has 0 unspecified atom stereocenters. The Bertz CT molecular complexity index is 433. The molecule has 1 aliphatic rings. The quantitative estimate of drug-likeness (QED) is 0.781. The topological polar surface area (TPSA) is 45.7 Å². The van der Waals surface area contributed by atoms with E-state index in [0.29, 0.717) is 12.5 Å². The SMILES string of the molecule is CCOC(=O)N1CCN(CCc2nc(CCl)cs2)CC1. The predicted molar refractivity (Wildman–Crippen MR) is 80.4 cm³/mol. The molecule has 1 aliphatic heterocycles. The first-order valence-electron chi connectivity index (χ1n) is 6.86. The smallest absolute Gasteiger partial charge is 0.409 e. The Hall–Kier alpha value is -0.850. The number of halogens is 1. The fourth-order valence-electron chi connectivity index (χ4n) is 2.15. The molecule has 1 aromatic heterocycles. The molecule has 20 heavy (non-hydrogen) atoms. The molecule has 112 valence electrons. The minimum Gasteiger partial charge on any atom is -0.450 e. The molecule has 0 saturated carbocycles. The van der Waals surface area contributed by atoms with E-state index >= 15 is 0 Å². The Balaban J connectivity index is 1.70. The van der Waals surface area contributed by atoms with E-state index in [0.717, 1.165) is 49.8 Å². The molecule has 0 aliphatic carbocycles. The van der Waals surface area contributed by atoms with Crippen molar-refractivity contribution in [1.29, 1.82) is 0 Å². The molecule has 5 nitrogen and oxygen atoms in total. The van der Waals surface area contributed by atoms with Crippen LogP contribution in [0.3, 0.4) is 0 Å². The lowest BCUT2D eigenvalue weighted by Crippen LogP contribution is -2.49. The number of piperazine rings is 1. The maximum absolute atomic E-state index is 11.6. The molecule has 7 heteroatoms. The van der Waals surface area contributed by atoms with Crippen molar-refractivity contribution in [1.82, 2.24) is 14.8 Å². The van der Waals surface area contributed by atoms with Crippen molar-refractivity contribution >= 4 is 29.0 Å². The fourth-order valence-corrected chi connectivity index (χ4v) is 3.16. The van der Waals surface area contributed by atoms with Crippen LogP contribution in [0.1, 0.15) is 17.6 Å². The zero-order valence-electron chi connectivity index (χ0n) is 11.7. The Labute approximate surface area is 128 Å². The van der Waals surface area contributed by atoms with Gasteiger partial charge in [-0.3, -0.25) is 4.90 Å². The van der Waals surface area contributed by atoms with Gasteiger partial charge < -0.3 is 9.64 Å². The van der Waals surface area contributed by atoms with E-state index in [1.54, 1.807) is 16.2 Å². The molecule has 0 bridgehead atoms. The van der Waals surface area contributed by atoms with Crippen LogP contribution in [0.4, 0.5) is 4.79 Å². The van der Waals surface area contributed by atoms with Crippen LogP contribution in [0, 0.1) is 0 Å². The Morgan fingerprint density at radius 2 is 2.20 bits per heavy atom. The zero-order chi connectivity index (χ0) is 14.4. The molecule has 0 aromatic carbocycles. The van der Waals surface area contributed by atoms with E-state index in [2.05, 4.69) is 9.88 Å². The van der Waals surface area contributed by atoms with Crippen molar-refractivity contribution in [3.05, 3.63) is 16.1 Å². The van der Waals surface area contributed by atoms with Crippen LogP contribution in [0.2, 0.25) is 0 Å². The van der Waals surface area contributed by atoms with Crippen LogP contribution >= 0.6 is 22.9 Å². The van der Waals surface area contributed by atoms with Gasteiger partial charge in [0.2, 0.25) is 0 Å². The van der Waals surface area contributed by atoms with Gasteiger partial charge in [-0.25, -0.2) is 9.78 Å². The average molecular weight is 318 g/mol. The normalized spacial score (nSPS) is 16.4. The minimum absolute atomic E-state index is 0.196. The van der Waals surface area contributed by atoms with Crippen LogP contribution in [-0.4, -0.2) is 60.2 Å². The lowest BCUT2D eigenvalue weighted by Gasteiger charge is -2.33. The molecule has 0 N–H and O–H groups in total. The highest BCUT2D eigenvalue weighted by Crippen LogP contribution is 2.13. The lowest BCUT2D eigenvalue weighted by molar-refractivity contribution is 0.0799. The molecule has 1 saturated heterocycles. The monoisotopic (exact) mass is 317 g/mol. The minimum atomic E-state index is -0.196. The van der Waals surface area contributed by atoms with Crippen LogP contribution in [0.15, 0.2) is 5.38 Å². The molecular weight excluding hydrogens is 298 g/mol. The summed E-state index contributed by atoms with van der Waals surface area (Å²) in [6.45, 7) is 6.52. The molecular formula is C13H20ClN3O2S. The molecule has 2 rings (SSSR count). The Morgan fingerprint density at radius 3 is 2.80 bits per heavy atom. The van der Waals surface area contributed by atoms with Gasteiger partial charge in [-0.2, -0.15) is 0 Å². The number of nitrogens with zero attached hydrogens (tertiary/aromatic N) is 3. The summed E-state index contributed by atoms with van der Waals surface area (Å²) in [7, 11) is 0. The summed E-state index contributed by atoms with van der Waals surface area (Å²) in [5.41, 5.74) is 0.957. The number of rotatable bonds is 5. The molecule has 0 atom stereocenters. The van der Waals surface area contributed by atoms with Gasteiger partial charge in [0.05, 0.1) is 23.2 Å². The second-order valence-corrected chi connectivity index (χ2v) is 5.85. The van der Waals surface area contributed by atoms with Gasteiger partial charge in [0.1, 0.15) is 0 Å². The van der Waals surface area contributed by atoms with Crippen molar-refractivity contribution in [3.63, 3.8) is 0 Å². The van der Waals surface area contributed by atoms with E-state index < -0.39 is 0 Å². The van der Waals surface area contributed by atoms with Crippen LogP contribution < -0.4 is 0 Å². The predicted octanol–water partition coefficient (Wildman–Crippen LogP) is 2.20. The first-order chi connectivity index (χ1) is 9.72. The lowest BCUT2D eigenvalue weighted by atomic mass is 10.3. The second kappa shape index (κ2) is 7.81. The van der Waals surface area contributed by atoms with Gasteiger partial charge >= 0.3 is 6.09 Å². The van der Waals surface area contributed by atoms with Gasteiger partial charge in [-0.1, -0.05) is 0 Å². The number of ether oxygens (including phenoxy) is 1. The summed E-state index contributed by atoms with van der Waals surface area (Å²) < 4.78 is 5.01. The molecule has 1 amide bonds. The van der Waals surface area contributed by atoms with Crippen LogP contribution in [0.25, 0.3) is 0 Å². The standard InChI is InChI=1S/C13H20ClN3O2S/c1-2-19-13(18)17-7-5-16(6-8-17)4-3-12-15-11(9-14)10-20-12/h10H,2-9H2,1H3. The first kappa shape index (κ1) is 15.5. The number of alkyl halides is 1. The van der Waals surface area contributed by atoms with Gasteiger partial charge in [-0.15, -0.1) is 22.9 Å². The van der Waals surface area contributed by atoms with Crippen LogP contribution in [0.5, 0.6) is 0 Å². The summed E-state index contributed by atoms with van der Waals surface area (Å²) >= 11 is 7.41. The van der Waals surface area contributed by atoms with Crippen molar-refractivity contribution in [2.24, 2.45) is 0 Å². The molecule has 1 aromatic rings. The zero-order valence-corrected chi connectivity index (χ0v) is 13.3. The number of aromatic nitrogens is 1. The second-order valence-electron chi connectivity index (χ2n) is 4.64. The van der Waals surface area contributed by atoms with E-state index in [9.17, 15) is 4.79 Å². The van der Waals surface area contributed by atoms with Gasteiger partial charge in [0.25, 0.3) is 0 Å². The molecule has 0 radical (unpaired) electrons. The average Bonchev–Trinajstić information content (AvgIpc) is 2.94. The van der Waals surface area contributed by atoms with Crippen molar-refractivity contribution in [3.8, 4) is 0 Å². The van der Waals surface area contributed by atoms with E-state index in [1.165, 1.54) is 0 Å². The van der Waals surface area contributed by atoms with E-state index in [1.807, 2.05) is 12.3 Å². The maximum Gasteiger partial charge on any atom is 0.409 e. The summed E-state index contributed by atoms with van der Waals surface area (Å²) in [5, 5.41) is 3.15. The highest BCUT2D eigenvalue weighted by Gasteiger charge is 2.21. The summed E-state index contributed by atoms with van der Waals surface area (Å²) in [6.07, 6.45) is 0.750. The van der Waals surface area contributed by atoms with Crippen molar-refractivity contribution in [2.45, 2.75) is 19.2 Å². The number of hydrogen-bond donors (Lipinski definition) is 0. The Morgan fingerprint density at radius 1 is 1.45 bits per heavy atom. The third-order valence-corrected chi connectivity index (χ3v) is 4.51. The third kappa shape index (κ3) is 4.33. The number of thiazole rings is 1. The van der Waals surface area contributed by atoms with Gasteiger partial charge in [0, 0.05) is 44.5 Å². The van der Waals surface area contributed by atoms with E-state index in [-0.39, 0.29) is 6.09 Å².